The molecule has 1 N–H and O–H groups in total. The minimum Gasteiger partial charge on any atom is -0.354 e. The maximum absolute atomic E-state index is 13.7. The van der Waals surface area contributed by atoms with Crippen molar-refractivity contribution in [1.82, 2.24) is 19.9 Å². The van der Waals surface area contributed by atoms with Gasteiger partial charge in [0.2, 0.25) is 5.91 Å². The van der Waals surface area contributed by atoms with Crippen molar-refractivity contribution in [3.8, 4) is 0 Å². The van der Waals surface area contributed by atoms with Crippen LogP contribution in [-0.2, 0) is 17.6 Å². The zero-order valence-electron chi connectivity index (χ0n) is 19.1. The Labute approximate surface area is 209 Å². The van der Waals surface area contributed by atoms with Gasteiger partial charge in [-0.3, -0.25) is 9.78 Å². The van der Waals surface area contributed by atoms with Gasteiger partial charge in [0, 0.05) is 36.3 Å². The first-order valence-electron chi connectivity index (χ1n) is 11.6. The van der Waals surface area contributed by atoms with Crippen molar-refractivity contribution in [2.75, 3.05) is 6.54 Å². The van der Waals surface area contributed by atoms with Crippen LogP contribution in [0.2, 0.25) is 5.02 Å². The zero-order chi connectivity index (χ0) is 24.0. The summed E-state index contributed by atoms with van der Waals surface area (Å²) in [4.78, 5) is 23.0. The number of fused-ring (bicyclic) bond motifs is 1. The van der Waals surface area contributed by atoms with Crippen LogP contribution in [-0.4, -0.2) is 27.0 Å². The lowest BCUT2D eigenvalue weighted by Gasteiger charge is -2.22. The van der Waals surface area contributed by atoms with Crippen molar-refractivity contribution in [3.05, 3.63) is 131 Å². The zero-order valence-corrected chi connectivity index (χ0v) is 19.9. The Hall–Kier alpha value is -3.96. The molecule has 1 amide bonds. The van der Waals surface area contributed by atoms with E-state index in [2.05, 4.69) is 14.9 Å². The molecule has 1 atom stereocenters. The van der Waals surface area contributed by atoms with E-state index in [-0.39, 0.29) is 5.91 Å². The smallest absolute Gasteiger partial charge is 0.247 e. The monoisotopic (exact) mass is 480 g/mol. The van der Waals surface area contributed by atoms with Crippen LogP contribution in [0.5, 0.6) is 0 Å². The number of nitrogens with one attached hydrogen (secondary N) is 1. The van der Waals surface area contributed by atoms with Gasteiger partial charge in [-0.05, 0) is 47.5 Å². The molecule has 3 aromatic carbocycles. The van der Waals surface area contributed by atoms with Crippen LogP contribution in [0, 0.1) is 0 Å². The molecule has 0 spiro atoms. The Kier molecular flexibility index (Phi) is 6.87. The topological polar surface area (TPSA) is 59.8 Å². The van der Waals surface area contributed by atoms with E-state index in [1.807, 2.05) is 97.1 Å². The Bertz CT molecular complexity index is 1430. The van der Waals surface area contributed by atoms with Crippen molar-refractivity contribution in [3.63, 3.8) is 0 Å². The van der Waals surface area contributed by atoms with Gasteiger partial charge in [0.05, 0.1) is 11.0 Å². The van der Waals surface area contributed by atoms with Gasteiger partial charge in [-0.25, -0.2) is 4.98 Å². The molecule has 0 saturated heterocycles. The fraction of sp³-hybridized carbons (Fsp3) is 0.138. The summed E-state index contributed by atoms with van der Waals surface area (Å²) in [5.41, 5.74) is 4.65. The van der Waals surface area contributed by atoms with Gasteiger partial charge in [-0.1, -0.05) is 72.3 Å². The molecule has 0 radical (unpaired) electrons. The largest absolute Gasteiger partial charge is 0.354 e. The molecule has 2 aromatic heterocycles. The number of para-hydroxylation sites is 2. The molecular weight excluding hydrogens is 456 g/mol. The second kappa shape index (κ2) is 10.5. The third-order valence-corrected chi connectivity index (χ3v) is 6.18. The fourth-order valence-electron chi connectivity index (χ4n) is 4.35. The summed E-state index contributed by atoms with van der Waals surface area (Å²) < 4.78 is 2.06. The number of carbonyl (C=O) groups is 1. The van der Waals surface area contributed by atoms with E-state index in [0.29, 0.717) is 24.4 Å². The number of aromatic nitrogens is 3. The van der Waals surface area contributed by atoms with Gasteiger partial charge < -0.3 is 9.88 Å². The number of hydrogen-bond donors (Lipinski definition) is 1. The van der Waals surface area contributed by atoms with Crippen LogP contribution >= 0.6 is 11.6 Å². The first-order chi connectivity index (χ1) is 17.2. The van der Waals surface area contributed by atoms with Gasteiger partial charge >= 0.3 is 0 Å². The molecule has 6 heteroatoms. The van der Waals surface area contributed by atoms with Crippen molar-refractivity contribution in [2.24, 2.45) is 0 Å². The number of amides is 1. The molecule has 5 nitrogen and oxygen atoms in total. The maximum Gasteiger partial charge on any atom is 0.247 e. The summed E-state index contributed by atoms with van der Waals surface area (Å²) in [7, 11) is 0. The number of carbonyl (C=O) groups excluding carboxylic acids is 1. The molecule has 174 valence electrons. The molecular formula is C29H25ClN4O. The molecule has 0 fully saturated rings. The molecule has 0 aliphatic rings. The number of pyridine rings is 1. The molecule has 35 heavy (non-hydrogen) atoms. The number of benzene rings is 3. The Morgan fingerprint density at radius 1 is 0.914 bits per heavy atom. The summed E-state index contributed by atoms with van der Waals surface area (Å²) in [6.07, 6.45) is 2.98. The molecule has 0 bridgehead atoms. The third-order valence-electron chi connectivity index (χ3n) is 5.95. The Balaban J connectivity index is 1.53. The third kappa shape index (κ3) is 5.26. The van der Waals surface area contributed by atoms with Crippen LogP contribution in [0.4, 0.5) is 0 Å². The van der Waals surface area contributed by atoms with Crippen LogP contribution < -0.4 is 5.32 Å². The van der Waals surface area contributed by atoms with E-state index in [4.69, 9.17) is 16.6 Å². The van der Waals surface area contributed by atoms with Gasteiger partial charge in [-0.15, -0.1) is 0 Å². The summed E-state index contributed by atoms with van der Waals surface area (Å²) in [6, 6.07) is 30.8. The average molecular weight is 481 g/mol. The van der Waals surface area contributed by atoms with E-state index in [1.54, 1.807) is 6.20 Å². The first kappa shape index (κ1) is 22.8. The van der Waals surface area contributed by atoms with Crippen molar-refractivity contribution < 1.29 is 4.79 Å². The summed E-state index contributed by atoms with van der Waals surface area (Å²) in [5, 5.41) is 3.81. The predicted octanol–water partition coefficient (Wildman–Crippen LogP) is 5.62. The van der Waals surface area contributed by atoms with Gasteiger partial charge in [0.1, 0.15) is 11.9 Å². The number of nitrogens with zero attached hydrogens (tertiary/aromatic N) is 3. The van der Waals surface area contributed by atoms with E-state index in [0.717, 1.165) is 33.7 Å². The minimum absolute atomic E-state index is 0.0809. The molecule has 0 aliphatic carbocycles. The van der Waals surface area contributed by atoms with Crippen LogP contribution in [0.3, 0.4) is 0 Å². The van der Waals surface area contributed by atoms with E-state index < -0.39 is 6.04 Å². The van der Waals surface area contributed by atoms with Gasteiger partial charge in [-0.2, -0.15) is 0 Å². The van der Waals surface area contributed by atoms with E-state index in [9.17, 15) is 4.79 Å². The highest BCUT2D eigenvalue weighted by Crippen LogP contribution is 2.28. The Morgan fingerprint density at radius 2 is 1.71 bits per heavy atom. The number of imidazole rings is 1. The molecule has 5 rings (SSSR count). The van der Waals surface area contributed by atoms with Crippen molar-refractivity contribution in [2.45, 2.75) is 18.9 Å². The quantitative estimate of drug-likeness (QED) is 0.313. The molecule has 5 aromatic rings. The summed E-state index contributed by atoms with van der Waals surface area (Å²) >= 11 is 6.25. The maximum atomic E-state index is 13.7. The minimum atomic E-state index is -0.568. The Morgan fingerprint density at radius 3 is 2.51 bits per heavy atom. The molecule has 0 aliphatic heterocycles. The standard InChI is InChI=1S/C29H25ClN4O/c30-23-12-8-9-21(19-23)20-27-33-25-14-4-5-15-26(25)34(27)28(22-10-2-1-3-11-22)29(35)32-18-16-24-13-6-7-17-31-24/h1-15,17,19,28H,16,18,20H2,(H,32,35). The van der Waals surface area contributed by atoms with Crippen LogP contribution in [0.1, 0.15) is 28.7 Å². The lowest BCUT2D eigenvalue weighted by molar-refractivity contribution is -0.123. The summed E-state index contributed by atoms with van der Waals surface area (Å²) in [6.45, 7) is 0.495. The van der Waals surface area contributed by atoms with E-state index >= 15 is 0 Å². The fourth-order valence-corrected chi connectivity index (χ4v) is 4.56. The van der Waals surface area contributed by atoms with Crippen LogP contribution in [0.25, 0.3) is 11.0 Å². The van der Waals surface area contributed by atoms with Crippen molar-refractivity contribution >= 4 is 28.5 Å². The highest BCUT2D eigenvalue weighted by Gasteiger charge is 2.27. The highest BCUT2D eigenvalue weighted by molar-refractivity contribution is 6.30. The second-order valence-corrected chi connectivity index (χ2v) is 8.81. The lowest BCUT2D eigenvalue weighted by atomic mass is 10.0. The first-order valence-corrected chi connectivity index (χ1v) is 12.0. The molecule has 0 saturated carbocycles. The summed E-state index contributed by atoms with van der Waals surface area (Å²) in [5.74, 6) is 0.727. The van der Waals surface area contributed by atoms with Crippen molar-refractivity contribution in [1.29, 1.82) is 0 Å². The van der Waals surface area contributed by atoms with Gasteiger partial charge in [0.25, 0.3) is 0 Å². The SMILES string of the molecule is O=C(NCCc1ccccn1)C(c1ccccc1)n1c(Cc2cccc(Cl)c2)nc2ccccc21. The number of rotatable bonds is 8. The second-order valence-electron chi connectivity index (χ2n) is 8.37. The van der Waals surface area contributed by atoms with Gasteiger partial charge in [0.15, 0.2) is 0 Å². The predicted molar refractivity (Wildman–Crippen MR) is 140 cm³/mol. The highest BCUT2D eigenvalue weighted by atomic mass is 35.5. The molecule has 2 heterocycles. The number of hydrogen-bond acceptors (Lipinski definition) is 3. The molecule has 1 unspecified atom stereocenters. The lowest BCUT2D eigenvalue weighted by Crippen LogP contribution is -2.35. The average Bonchev–Trinajstić information content (AvgIpc) is 3.23. The normalized spacial score (nSPS) is 11.9. The number of halogens is 1. The van der Waals surface area contributed by atoms with E-state index in [1.165, 1.54) is 0 Å². The van der Waals surface area contributed by atoms with Crippen LogP contribution in [0.15, 0.2) is 103 Å².